The van der Waals surface area contributed by atoms with Gasteiger partial charge in [-0.25, -0.2) is 0 Å². The summed E-state index contributed by atoms with van der Waals surface area (Å²) in [5.74, 6) is -0.267. The highest BCUT2D eigenvalue weighted by Crippen LogP contribution is 2.20. The Labute approximate surface area is 105 Å². The van der Waals surface area contributed by atoms with E-state index in [2.05, 4.69) is 5.32 Å². The van der Waals surface area contributed by atoms with Gasteiger partial charge in [0.2, 0.25) is 0 Å². The van der Waals surface area contributed by atoms with Crippen molar-refractivity contribution in [2.75, 3.05) is 19.6 Å². The molecule has 6 nitrogen and oxygen atoms in total. The highest BCUT2D eigenvalue weighted by molar-refractivity contribution is 5.98. The maximum absolute atomic E-state index is 12.3. The molecule has 96 valence electrons. The first kappa shape index (κ1) is 12.5. The number of nitrogens with zero attached hydrogens (tertiary/aromatic N) is 2. The molecule has 0 aromatic heterocycles. The van der Waals surface area contributed by atoms with Gasteiger partial charge in [0.15, 0.2) is 0 Å². The van der Waals surface area contributed by atoms with Crippen LogP contribution < -0.4 is 5.32 Å². The molecule has 0 radical (unpaired) electrons. The lowest BCUT2D eigenvalue weighted by Crippen LogP contribution is -2.52. The van der Waals surface area contributed by atoms with Crippen LogP contribution in [0.15, 0.2) is 24.3 Å². The quantitative estimate of drug-likeness (QED) is 0.627. The fourth-order valence-corrected chi connectivity index (χ4v) is 2.11. The highest BCUT2D eigenvalue weighted by Gasteiger charge is 2.28. The van der Waals surface area contributed by atoms with Crippen molar-refractivity contribution in [3.05, 3.63) is 39.9 Å². The maximum Gasteiger partial charge on any atom is 0.282 e. The molecule has 0 bridgehead atoms. The largest absolute Gasteiger partial charge is 0.333 e. The second kappa shape index (κ2) is 5.14. The summed E-state index contributed by atoms with van der Waals surface area (Å²) < 4.78 is 0. The third kappa shape index (κ3) is 2.33. The molecule has 1 atom stereocenters. The van der Waals surface area contributed by atoms with Gasteiger partial charge in [0.25, 0.3) is 11.6 Å². The molecule has 0 saturated carbocycles. The van der Waals surface area contributed by atoms with Crippen molar-refractivity contribution >= 4 is 11.6 Å². The van der Waals surface area contributed by atoms with E-state index in [9.17, 15) is 14.9 Å². The van der Waals surface area contributed by atoms with Crippen LogP contribution in [0.4, 0.5) is 5.69 Å². The molecule has 1 N–H and O–H groups in total. The lowest BCUT2D eigenvalue weighted by molar-refractivity contribution is -0.385. The van der Waals surface area contributed by atoms with E-state index in [1.54, 1.807) is 17.0 Å². The minimum Gasteiger partial charge on any atom is -0.333 e. The van der Waals surface area contributed by atoms with Gasteiger partial charge in [0.05, 0.1) is 4.92 Å². The van der Waals surface area contributed by atoms with Gasteiger partial charge in [-0.2, -0.15) is 0 Å². The molecule has 1 heterocycles. The molecule has 0 unspecified atom stereocenters. The van der Waals surface area contributed by atoms with Crippen molar-refractivity contribution < 1.29 is 9.72 Å². The van der Waals surface area contributed by atoms with E-state index in [1.165, 1.54) is 12.1 Å². The zero-order chi connectivity index (χ0) is 13.1. The molecule has 18 heavy (non-hydrogen) atoms. The molecule has 1 aromatic carbocycles. The van der Waals surface area contributed by atoms with Gasteiger partial charge in [-0.05, 0) is 13.0 Å². The zero-order valence-electron chi connectivity index (χ0n) is 10.1. The molecule has 1 fully saturated rings. The number of nitrogens with one attached hydrogen (secondary N) is 1. The minimum atomic E-state index is -0.514. The SMILES string of the molecule is C[C@H]1CNCCN1C(=O)c1ccccc1[N+](=O)[O-]. The predicted molar refractivity (Wildman–Crippen MR) is 66.5 cm³/mol. The number of nitro groups is 1. The van der Waals surface area contributed by atoms with Crippen LogP contribution in [0.2, 0.25) is 0 Å². The number of rotatable bonds is 2. The van der Waals surface area contributed by atoms with Gasteiger partial charge >= 0.3 is 0 Å². The summed E-state index contributed by atoms with van der Waals surface area (Å²) in [6.07, 6.45) is 0. The number of carbonyl (C=O) groups excluding carboxylic acids is 1. The Morgan fingerprint density at radius 1 is 1.50 bits per heavy atom. The summed E-state index contributed by atoms with van der Waals surface area (Å²) in [6.45, 7) is 3.94. The fourth-order valence-electron chi connectivity index (χ4n) is 2.11. The summed E-state index contributed by atoms with van der Waals surface area (Å²) >= 11 is 0. The van der Waals surface area contributed by atoms with Crippen molar-refractivity contribution in [1.29, 1.82) is 0 Å². The third-order valence-electron chi connectivity index (χ3n) is 3.09. The van der Waals surface area contributed by atoms with E-state index >= 15 is 0 Å². The van der Waals surface area contributed by atoms with Crippen molar-refractivity contribution in [3.8, 4) is 0 Å². The highest BCUT2D eigenvalue weighted by atomic mass is 16.6. The second-order valence-electron chi connectivity index (χ2n) is 4.33. The van der Waals surface area contributed by atoms with Crippen LogP contribution in [0.25, 0.3) is 0 Å². The second-order valence-corrected chi connectivity index (χ2v) is 4.33. The summed E-state index contributed by atoms with van der Waals surface area (Å²) in [4.78, 5) is 24.4. The number of hydrogen-bond acceptors (Lipinski definition) is 4. The van der Waals surface area contributed by atoms with Crippen LogP contribution >= 0.6 is 0 Å². The van der Waals surface area contributed by atoms with Gasteiger partial charge in [-0.15, -0.1) is 0 Å². The first-order valence-electron chi connectivity index (χ1n) is 5.86. The van der Waals surface area contributed by atoms with Crippen LogP contribution in [0.3, 0.4) is 0 Å². The molecule has 1 amide bonds. The number of amides is 1. The normalized spacial score (nSPS) is 19.6. The molecule has 1 aromatic rings. The lowest BCUT2D eigenvalue weighted by atomic mass is 10.1. The summed E-state index contributed by atoms with van der Waals surface area (Å²) in [5.41, 5.74) is 0.0319. The summed E-state index contributed by atoms with van der Waals surface area (Å²) in [6, 6.07) is 6.13. The average molecular weight is 249 g/mol. The van der Waals surface area contributed by atoms with E-state index in [0.29, 0.717) is 13.1 Å². The van der Waals surface area contributed by atoms with Gasteiger partial charge < -0.3 is 10.2 Å². The van der Waals surface area contributed by atoms with Crippen LogP contribution in [0, 0.1) is 10.1 Å². The van der Waals surface area contributed by atoms with E-state index in [0.717, 1.165) is 6.54 Å². The van der Waals surface area contributed by atoms with Gasteiger partial charge in [-0.3, -0.25) is 14.9 Å². The summed E-state index contributed by atoms with van der Waals surface area (Å²) in [5, 5.41) is 14.1. The predicted octanol–water partition coefficient (Wildman–Crippen LogP) is 1.03. The number of hydrogen-bond donors (Lipinski definition) is 1. The molecule has 1 aliphatic heterocycles. The minimum absolute atomic E-state index is 0.0473. The number of para-hydroxylation sites is 1. The van der Waals surface area contributed by atoms with Crippen molar-refractivity contribution in [1.82, 2.24) is 10.2 Å². The monoisotopic (exact) mass is 249 g/mol. The van der Waals surface area contributed by atoms with E-state index < -0.39 is 4.92 Å². The number of nitro benzene ring substituents is 1. The Kier molecular flexibility index (Phi) is 3.57. The smallest absolute Gasteiger partial charge is 0.282 e. The van der Waals surface area contributed by atoms with E-state index in [-0.39, 0.29) is 23.2 Å². The lowest BCUT2D eigenvalue weighted by Gasteiger charge is -2.33. The Bertz CT molecular complexity index is 475. The van der Waals surface area contributed by atoms with Gasteiger partial charge in [0, 0.05) is 31.7 Å². The standard InChI is InChI=1S/C12H15N3O3/c1-9-8-13-6-7-14(9)12(16)10-4-2-3-5-11(10)15(17)18/h2-5,9,13H,6-8H2,1H3/t9-/m0/s1. The van der Waals surface area contributed by atoms with Crippen LogP contribution in [-0.4, -0.2) is 41.4 Å². The molecule has 1 aliphatic rings. The number of benzene rings is 1. The van der Waals surface area contributed by atoms with Crippen LogP contribution in [-0.2, 0) is 0 Å². The van der Waals surface area contributed by atoms with Crippen molar-refractivity contribution in [2.24, 2.45) is 0 Å². The molecule has 0 spiro atoms. The first-order chi connectivity index (χ1) is 8.61. The summed E-state index contributed by atoms with van der Waals surface area (Å²) in [7, 11) is 0. The molecule has 1 saturated heterocycles. The zero-order valence-corrected chi connectivity index (χ0v) is 10.1. The fraction of sp³-hybridized carbons (Fsp3) is 0.417. The molecular weight excluding hydrogens is 234 g/mol. The van der Waals surface area contributed by atoms with Crippen LogP contribution in [0.5, 0.6) is 0 Å². The average Bonchev–Trinajstić information content (AvgIpc) is 2.38. The van der Waals surface area contributed by atoms with Crippen molar-refractivity contribution in [3.63, 3.8) is 0 Å². The molecule has 6 heteroatoms. The topological polar surface area (TPSA) is 75.5 Å². The molecular formula is C12H15N3O3. The number of carbonyl (C=O) groups is 1. The number of piperazine rings is 1. The molecule has 2 rings (SSSR count). The Morgan fingerprint density at radius 3 is 2.89 bits per heavy atom. The Hall–Kier alpha value is -1.95. The van der Waals surface area contributed by atoms with Gasteiger partial charge in [0.1, 0.15) is 5.56 Å². The third-order valence-corrected chi connectivity index (χ3v) is 3.09. The Balaban J connectivity index is 2.30. The van der Waals surface area contributed by atoms with Gasteiger partial charge in [-0.1, -0.05) is 12.1 Å². The first-order valence-corrected chi connectivity index (χ1v) is 5.86. The molecule has 0 aliphatic carbocycles. The maximum atomic E-state index is 12.3. The van der Waals surface area contributed by atoms with E-state index in [1.807, 2.05) is 6.92 Å². The van der Waals surface area contributed by atoms with Crippen molar-refractivity contribution in [2.45, 2.75) is 13.0 Å². The Morgan fingerprint density at radius 2 is 2.22 bits per heavy atom. The van der Waals surface area contributed by atoms with E-state index in [4.69, 9.17) is 0 Å². The van der Waals surface area contributed by atoms with Crippen LogP contribution in [0.1, 0.15) is 17.3 Å².